The molecule has 2 N–H and O–H groups in total. The number of pyridine rings is 3. The maximum atomic E-state index is 5.96. The van der Waals surface area contributed by atoms with E-state index < -0.39 is 0 Å². The van der Waals surface area contributed by atoms with Gasteiger partial charge < -0.3 is 9.72 Å². The van der Waals surface area contributed by atoms with Gasteiger partial charge in [0.15, 0.2) is 17.2 Å². The van der Waals surface area contributed by atoms with Gasteiger partial charge in [-0.2, -0.15) is 5.10 Å². The fourth-order valence-corrected chi connectivity index (χ4v) is 4.12. The second-order valence-corrected chi connectivity index (χ2v) is 7.93. The van der Waals surface area contributed by atoms with E-state index >= 15 is 0 Å². The second kappa shape index (κ2) is 8.01. The summed E-state index contributed by atoms with van der Waals surface area (Å²) in [5.41, 5.74) is 5.43. The Bertz CT molecular complexity index is 1350. The third-order valence-electron chi connectivity index (χ3n) is 5.77. The zero-order valence-electron chi connectivity index (χ0n) is 17.5. The molecule has 5 aromatic heterocycles. The van der Waals surface area contributed by atoms with E-state index in [4.69, 9.17) is 9.72 Å². The van der Waals surface area contributed by atoms with Gasteiger partial charge in [-0.05, 0) is 56.3 Å². The molecule has 5 aromatic rings. The largest absolute Gasteiger partial charge is 0.491 e. The molecule has 9 nitrogen and oxygen atoms in total. The summed E-state index contributed by atoms with van der Waals surface area (Å²) in [6.07, 6.45) is 7.83. The number of hydrogen-bond acceptors (Lipinski definition) is 7. The molecule has 0 unspecified atom stereocenters. The number of likely N-dealkylation sites (tertiary alicyclic amines) is 1. The summed E-state index contributed by atoms with van der Waals surface area (Å²) in [6.45, 7) is 3.93. The first kappa shape index (κ1) is 18.9. The van der Waals surface area contributed by atoms with Gasteiger partial charge in [-0.1, -0.05) is 0 Å². The predicted octanol–water partition coefficient (Wildman–Crippen LogP) is 3.43. The third kappa shape index (κ3) is 3.56. The number of nitrogens with one attached hydrogen (secondary N) is 2. The van der Waals surface area contributed by atoms with E-state index in [9.17, 15) is 0 Å². The Morgan fingerprint density at radius 3 is 2.88 bits per heavy atom. The van der Waals surface area contributed by atoms with Crippen LogP contribution in [0.15, 0.2) is 48.9 Å². The highest BCUT2D eigenvalue weighted by atomic mass is 16.5. The van der Waals surface area contributed by atoms with E-state index in [2.05, 4.69) is 35.0 Å². The molecule has 0 aromatic carbocycles. The van der Waals surface area contributed by atoms with Gasteiger partial charge in [0.05, 0.1) is 22.9 Å². The summed E-state index contributed by atoms with van der Waals surface area (Å²) >= 11 is 0. The van der Waals surface area contributed by atoms with Crippen molar-refractivity contribution in [2.75, 3.05) is 26.2 Å². The minimum Gasteiger partial charge on any atom is -0.491 e. The standard InChI is InChI=1S/C23H22N8O/c1-2-9-31(8-1)10-11-32-16-12-15(13-24-14-16)17-5-6-18-20(26-17)21(30-29-18)23-27-19-4-3-7-25-22(19)28-23/h3-7,12-14H,1-2,8-11H2,(H,29,30)(H,25,27,28). The van der Waals surface area contributed by atoms with E-state index in [-0.39, 0.29) is 0 Å². The Hall–Kier alpha value is -3.85. The lowest BCUT2D eigenvalue weighted by Gasteiger charge is -2.15. The van der Waals surface area contributed by atoms with Crippen molar-refractivity contribution in [2.24, 2.45) is 0 Å². The van der Waals surface area contributed by atoms with Gasteiger partial charge in [0.2, 0.25) is 0 Å². The monoisotopic (exact) mass is 426 g/mol. The van der Waals surface area contributed by atoms with Gasteiger partial charge in [0, 0.05) is 24.5 Å². The molecule has 0 aliphatic carbocycles. The van der Waals surface area contributed by atoms with E-state index in [1.807, 2.05) is 30.3 Å². The van der Waals surface area contributed by atoms with Gasteiger partial charge in [-0.3, -0.25) is 15.0 Å². The van der Waals surface area contributed by atoms with Gasteiger partial charge >= 0.3 is 0 Å². The van der Waals surface area contributed by atoms with Crippen molar-refractivity contribution in [1.29, 1.82) is 0 Å². The number of aromatic amines is 2. The molecule has 0 atom stereocenters. The molecule has 9 heteroatoms. The van der Waals surface area contributed by atoms with Crippen LogP contribution in [0.5, 0.6) is 5.75 Å². The molecule has 1 fully saturated rings. The molecule has 0 saturated carbocycles. The van der Waals surface area contributed by atoms with Crippen LogP contribution in [-0.4, -0.2) is 66.3 Å². The van der Waals surface area contributed by atoms with Crippen molar-refractivity contribution in [1.82, 2.24) is 40.0 Å². The second-order valence-electron chi connectivity index (χ2n) is 7.93. The Morgan fingerprint density at radius 1 is 1.03 bits per heavy atom. The van der Waals surface area contributed by atoms with E-state index in [0.29, 0.717) is 23.8 Å². The highest BCUT2D eigenvalue weighted by Crippen LogP contribution is 2.28. The molecule has 32 heavy (non-hydrogen) atoms. The van der Waals surface area contributed by atoms with E-state index in [0.717, 1.165) is 40.1 Å². The maximum absolute atomic E-state index is 5.96. The van der Waals surface area contributed by atoms with Crippen molar-refractivity contribution in [3.05, 3.63) is 48.9 Å². The number of hydrogen-bond donors (Lipinski definition) is 2. The first-order valence-electron chi connectivity index (χ1n) is 10.8. The fraction of sp³-hybridized carbons (Fsp3) is 0.261. The number of fused-ring (bicyclic) bond motifs is 2. The Morgan fingerprint density at radius 2 is 1.97 bits per heavy atom. The number of ether oxygens (including phenoxy) is 1. The Kier molecular flexibility index (Phi) is 4.73. The van der Waals surface area contributed by atoms with Crippen LogP contribution in [-0.2, 0) is 0 Å². The number of imidazole rings is 1. The molecule has 0 spiro atoms. The lowest BCUT2D eigenvalue weighted by molar-refractivity contribution is 0.237. The quantitative estimate of drug-likeness (QED) is 0.428. The molecule has 0 bridgehead atoms. The van der Waals surface area contributed by atoms with Crippen LogP contribution < -0.4 is 4.74 Å². The normalized spacial score (nSPS) is 14.5. The smallest absolute Gasteiger partial charge is 0.178 e. The highest BCUT2D eigenvalue weighted by molar-refractivity contribution is 5.90. The Labute approximate surface area is 183 Å². The van der Waals surface area contributed by atoms with E-state index in [1.54, 1.807) is 18.6 Å². The van der Waals surface area contributed by atoms with Gasteiger partial charge in [-0.25, -0.2) is 15.0 Å². The summed E-state index contributed by atoms with van der Waals surface area (Å²) in [4.78, 5) is 23.8. The minimum atomic E-state index is 0.631. The first-order valence-corrected chi connectivity index (χ1v) is 10.8. The van der Waals surface area contributed by atoms with Crippen molar-refractivity contribution in [3.63, 3.8) is 0 Å². The van der Waals surface area contributed by atoms with Crippen molar-refractivity contribution in [2.45, 2.75) is 12.8 Å². The lowest BCUT2D eigenvalue weighted by Crippen LogP contribution is -2.25. The molecule has 1 aliphatic rings. The average molecular weight is 426 g/mol. The zero-order valence-corrected chi connectivity index (χ0v) is 17.5. The van der Waals surface area contributed by atoms with Crippen LogP contribution in [0.4, 0.5) is 0 Å². The van der Waals surface area contributed by atoms with Gasteiger partial charge in [0.25, 0.3) is 0 Å². The Balaban J connectivity index is 1.28. The van der Waals surface area contributed by atoms with Crippen molar-refractivity contribution < 1.29 is 4.74 Å². The van der Waals surface area contributed by atoms with Gasteiger partial charge in [-0.15, -0.1) is 0 Å². The molecular weight excluding hydrogens is 404 g/mol. The number of H-pyrrole nitrogens is 2. The van der Waals surface area contributed by atoms with Crippen LogP contribution >= 0.6 is 0 Å². The van der Waals surface area contributed by atoms with Crippen LogP contribution in [0, 0.1) is 0 Å². The van der Waals surface area contributed by atoms with Crippen molar-refractivity contribution >= 4 is 22.2 Å². The van der Waals surface area contributed by atoms with Crippen LogP contribution in [0.25, 0.3) is 45.0 Å². The summed E-state index contributed by atoms with van der Waals surface area (Å²) in [7, 11) is 0. The highest BCUT2D eigenvalue weighted by Gasteiger charge is 2.16. The molecule has 1 saturated heterocycles. The molecule has 0 amide bonds. The minimum absolute atomic E-state index is 0.631. The first-order chi connectivity index (χ1) is 15.8. The summed E-state index contributed by atoms with van der Waals surface area (Å²) in [5, 5.41) is 7.48. The van der Waals surface area contributed by atoms with Crippen LogP contribution in [0.2, 0.25) is 0 Å². The number of rotatable bonds is 6. The topological polar surface area (TPSA) is 108 Å². The van der Waals surface area contributed by atoms with Crippen molar-refractivity contribution in [3.8, 4) is 28.5 Å². The zero-order chi connectivity index (χ0) is 21.3. The van der Waals surface area contributed by atoms with E-state index in [1.165, 1.54) is 25.9 Å². The number of nitrogens with zero attached hydrogens (tertiary/aromatic N) is 6. The maximum Gasteiger partial charge on any atom is 0.178 e. The molecule has 160 valence electrons. The SMILES string of the molecule is c1cnc2nc(-c3n[nH]c4ccc(-c5cncc(OCCN6CCCC6)c5)nc34)[nH]c2c1. The number of aromatic nitrogens is 7. The van der Waals surface area contributed by atoms with Crippen LogP contribution in [0.1, 0.15) is 12.8 Å². The van der Waals surface area contributed by atoms with Gasteiger partial charge in [0.1, 0.15) is 17.9 Å². The molecule has 6 rings (SSSR count). The van der Waals surface area contributed by atoms with Crippen LogP contribution in [0.3, 0.4) is 0 Å². The predicted molar refractivity (Wildman–Crippen MR) is 121 cm³/mol. The molecule has 0 radical (unpaired) electrons. The molecule has 6 heterocycles. The third-order valence-corrected chi connectivity index (χ3v) is 5.77. The lowest BCUT2D eigenvalue weighted by atomic mass is 10.1. The fourth-order valence-electron chi connectivity index (χ4n) is 4.12. The summed E-state index contributed by atoms with van der Waals surface area (Å²) < 4.78 is 5.96. The summed E-state index contributed by atoms with van der Waals surface area (Å²) in [5.74, 6) is 1.38. The average Bonchev–Trinajstić information content (AvgIpc) is 3.58. The molecular formula is C23H22N8O. The molecule has 1 aliphatic heterocycles. The summed E-state index contributed by atoms with van der Waals surface area (Å²) in [6, 6.07) is 9.71.